The molecule has 0 radical (unpaired) electrons. The fraction of sp³-hybridized carbons (Fsp3) is 0.824. The van der Waals surface area contributed by atoms with Crippen LogP contribution in [0, 0.1) is 11.3 Å². The summed E-state index contributed by atoms with van der Waals surface area (Å²) >= 11 is 0. The molecule has 0 aliphatic heterocycles. The van der Waals surface area contributed by atoms with E-state index < -0.39 is 0 Å². The van der Waals surface area contributed by atoms with Gasteiger partial charge in [-0.05, 0) is 32.6 Å². The van der Waals surface area contributed by atoms with Gasteiger partial charge in [0.2, 0.25) is 0 Å². The van der Waals surface area contributed by atoms with Gasteiger partial charge in [-0.25, -0.2) is 0 Å². The van der Waals surface area contributed by atoms with Gasteiger partial charge in [0.25, 0.3) is 0 Å². The van der Waals surface area contributed by atoms with Crippen LogP contribution in [0.1, 0.15) is 65.0 Å². The molecule has 1 aromatic heterocycles. The molecule has 2 N–H and O–H groups in total. The summed E-state index contributed by atoms with van der Waals surface area (Å²) in [5.74, 6) is 0.524. The molecular formula is C17H31N3O. The van der Waals surface area contributed by atoms with Crippen LogP contribution < -0.4 is 5.32 Å². The molecule has 0 bridgehead atoms. The first-order valence-electron chi connectivity index (χ1n) is 8.36. The lowest BCUT2D eigenvalue weighted by molar-refractivity contribution is 0.0650. The highest BCUT2D eigenvalue weighted by Crippen LogP contribution is 2.43. The molecule has 2 rings (SSSR count). The van der Waals surface area contributed by atoms with Gasteiger partial charge in [0, 0.05) is 35.8 Å². The van der Waals surface area contributed by atoms with Crippen molar-refractivity contribution in [3.63, 3.8) is 0 Å². The van der Waals surface area contributed by atoms with E-state index in [-0.39, 0.29) is 5.41 Å². The molecule has 1 aliphatic rings. The first-order valence-corrected chi connectivity index (χ1v) is 8.36. The van der Waals surface area contributed by atoms with E-state index in [1.54, 1.807) is 0 Å². The van der Waals surface area contributed by atoms with Gasteiger partial charge >= 0.3 is 0 Å². The topological polar surface area (TPSA) is 50.1 Å². The molecule has 1 aliphatic carbocycles. The van der Waals surface area contributed by atoms with E-state index in [1.165, 1.54) is 18.4 Å². The molecule has 0 amide bonds. The van der Waals surface area contributed by atoms with E-state index in [1.807, 2.05) is 10.9 Å². The molecule has 1 atom stereocenters. The standard InChI is InChI=1S/C17H31N3O/c1-13(2)16(17(12-21)7-5-6-8-17)18-9-15-10-19-20(11-15)14(3)4/h10-11,13-14,16,18,21H,5-9,12H2,1-4H3. The van der Waals surface area contributed by atoms with Crippen LogP contribution in [-0.4, -0.2) is 27.5 Å². The first-order chi connectivity index (χ1) is 9.98. The Hall–Kier alpha value is -0.870. The van der Waals surface area contributed by atoms with Crippen molar-refractivity contribution in [2.45, 2.75) is 72.0 Å². The highest BCUT2D eigenvalue weighted by atomic mass is 16.3. The number of hydrogen-bond acceptors (Lipinski definition) is 3. The van der Waals surface area contributed by atoms with E-state index in [9.17, 15) is 5.11 Å². The van der Waals surface area contributed by atoms with Gasteiger partial charge < -0.3 is 10.4 Å². The molecular weight excluding hydrogens is 262 g/mol. The van der Waals surface area contributed by atoms with E-state index in [2.05, 4.69) is 44.3 Å². The van der Waals surface area contributed by atoms with E-state index in [0.717, 1.165) is 19.4 Å². The molecule has 1 fully saturated rings. The molecule has 0 saturated heterocycles. The van der Waals surface area contributed by atoms with Gasteiger partial charge in [0.15, 0.2) is 0 Å². The second-order valence-corrected chi connectivity index (χ2v) is 7.25. The van der Waals surface area contributed by atoms with E-state index in [4.69, 9.17) is 0 Å². The Labute approximate surface area is 128 Å². The summed E-state index contributed by atoms with van der Waals surface area (Å²) in [5.41, 5.74) is 1.29. The summed E-state index contributed by atoms with van der Waals surface area (Å²) in [5, 5.41) is 18.1. The first kappa shape index (κ1) is 16.5. The van der Waals surface area contributed by atoms with Crippen LogP contribution in [0.5, 0.6) is 0 Å². The summed E-state index contributed by atoms with van der Waals surface area (Å²) in [6.07, 6.45) is 8.85. The van der Waals surface area contributed by atoms with Crippen molar-refractivity contribution >= 4 is 0 Å². The van der Waals surface area contributed by atoms with Crippen molar-refractivity contribution in [2.75, 3.05) is 6.61 Å². The van der Waals surface area contributed by atoms with Gasteiger partial charge in [-0.1, -0.05) is 26.7 Å². The van der Waals surface area contributed by atoms with Crippen LogP contribution in [0.4, 0.5) is 0 Å². The number of rotatable bonds is 7. The molecule has 1 unspecified atom stereocenters. The lowest BCUT2D eigenvalue weighted by atomic mass is 9.74. The fourth-order valence-corrected chi connectivity index (χ4v) is 3.78. The smallest absolute Gasteiger partial charge is 0.0534 e. The monoisotopic (exact) mass is 293 g/mol. The second kappa shape index (κ2) is 6.93. The van der Waals surface area contributed by atoms with E-state index in [0.29, 0.717) is 24.6 Å². The lowest BCUT2D eigenvalue weighted by Crippen LogP contribution is -2.49. The summed E-state index contributed by atoms with van der Waals surface area (Å²) in [6, 6.07) is 0.769. The molecule has 0 aromatic carbocycles. The predicted octanol–water partition coefficient (Wildman–Crippen LogP) is 3.13. The van der Waals surface area contributed by atoms with Crippen molar-refractivity contribution in [2.24, 2.45) is 11.3 Å². The maximum atomic E-state index is 9.95. The van der Waals surface area contributed by atoms with Crippen molar-refractivity contribution in [3.05, 3.63) is 18.0 Å². The fourth-order valence-electron chi connectivity index (χ4n) is 3.78. The highest BCUT2D eigenvalue weighted by Gasteiger charge is 2.41. The Morgan fingerprint density at radius 3 is 2.43 bits per heavy atom. The third kappa shape index (κ3) is 3.67. The Bertz CT molecular complexity index is 433. The van der Waals surface area contributed by atoms with Crippen LogP contribution in [0.25, 0.3) is 0 Å². The number of aromatic nitrogens is 2. The van der Waals surface area contributed by atoms with Crippen molar-refractivity contribution in [1.82, 2.24) is 15.1 Å². The Morgan fingerprint density at radius 1 is 1.29 bits per heavy atom. The molecule has 21 heavy (non-hydrogen) atoms. The zero-order valence-corrected chi connectivity index (χ0v) is 14.0. The minimum absolute atomic E-state index is 0.0716. The molecule has 0 spiro atoms. The Kier molecular flexibility index (Phi) is 5.44. The molecule has 4 heteroatoms. The highest BCUT2D eigenvalue weighted by molar-refractivity contribution is 5.05. The number of nitrogens with zero attached hydrogens (tertiary/aromatic N) is 2. The summed E-state index contributed by atoms with van der Waals surface area (Å²) in [4.78, 5) is 0. The van der Waals surface area contributed by atoms with Crippen molar-refractivity contribution < 1.29 is 5.11 Å². The zero-order valence-electron chi connectivity index (χ0n) is 14.0. The minimum Gasteiger partial charge on any atom is -0.396 e. The van der Waals surface area contributed by atoms with Crippen LogP contribution in [-0.2, 0) is 6.54 Å². The van der Waals surface area contributed by atoms with Crippen LogP contribution in [0.2, 0.25) is 0 Å². The SMILES string of the molecule is CC(C)C(NCc1cnn(C(C)C)c1)C1(CO)CCCC1. The van der Waals surface area contributed by atoms with Gasteiger partial charge in [-0.2, -0.15) is 5.10 Å². The van der Waals surface area contributed by atoms with Crippen molar-refractivity contribution in [1.29, 1.82) is 0 Å². The molecule has 1 saturated carbocycles. The third-order valence-electron chi connectivity index (χ3n) is 4.95. The summed E-state index contributed by atoms with van der Waals surface area (Å²) < 4.78 is 2.00. The largest absolute Gasteiger partial charge is 0.396 e. The normalized spacial score (nSPS) is 19.6. The predicted molar refractivity (Wildman–Crippen MR) is 86.1 cm³/mol. The van der Waals surface area contributed by atoms with E-state index >= 15 is 0 Å². The van der Waals surface area contributed by atoms with Crippen molar-refractivity contribution in [3.8, 4) is 0 Å². The number of aliphatic hydroxyl groups is 1. The van der Waals surface area contributed by atoms with Crippen LogP contribution in [0.15, 0.2) is 12.4 Å². The Morgan fingerprint density at radius 2 is 1.95 bits per heavy atom. The third-order valence-corrected chi connectivity index (χ3v) is 4.95. The summed E-state index contributed by atoms with van der Waals surface area (Å²) in [7, 11) is 0. The van der Waals surface area contributed by atoms with Crippen LogP contribution in [0.3, 0.4) is 0 Å². The quantitative estimate of drug-likeness (QED) is 0.812. The van der Waals surface area contributed by atoms with Gasteiger partial charge in [0.1, 0.15) is 0 Å². The molecule has 120 valence electrons. The maximum Gasteiger partial charge on any atom is 0.0534 e. The molecule has 1 aromatic rings. The second-order valence-electron chi connectivity index (χ2n) is 7.25. The number of hydrogen-bond donors (Lipinski definition) is 2. The zero-order chi connectivity index (χ0) is 15.5. The van der Waals surface area contributed by atoms with Gasteiger partial charge in [0.05, 0.1) is 12.8 Å². The number of aliphatic hydroxyl groups excluding tert-OH is 1. The maximum absolute atomic E-state index is 9.95. The molecule has 1 heterocycles. The number of nitrogens with one attached hydrogen (secondary N) is 1. The summed E-state index contributed by atoms with van der Waals surface area (Å²) in [6.45, 7) is 9.92. The van der Waals surface area contributed by atoms with Gasteiger partial charge in [-0.15, -0.1) is 0 Å². The molecule has 4 nitrogen and oxygen atoms in total. The average Bonchev–Trinajstić information content (AvgIpc) is 3.08. The van der Waals surface area contributed by atoms with Crippen LogP contribution >= 0.6 is 0 Å². The Balaban J connectivity index is 2.02. The lowest BCUT2D eigenvalue weighted by Gasteiger charge is -2.39. The van der Waals surface area contributed by atoms with Gasteiger partial charge in [-0.3, -0.25) is 4.68 Å². The minimum atomic E-state index is 0.0716. The average molecular weight is 293 g/mol.